The number of fused-ring (bicyclic) bond motifs is 1. The second-order valence-corrected chi connectivity index (χ2v) is 2.71. The Balaban J connectivity index is 2.82. The van der Waals surface area contributed by atoms with Crippen LogP contribution in [0.25, 0.3) is 11.2 Å². The molecule has 0 bridgehead atoms. The van der Waals surface area contributed by atoms with Gasteiger partial charge >= 0.3 is 0 Å². The molecular weight excluding hydrogens is 150 g/mol. The number of aromatic nitrogens is 3. The minimum atomic E-state index is 0.857. The van der Waals surface area contributed by atoms with E-state index in [0.29, 0.717) is 0 Å². The van der Waals surface area contributed by atoms with Gasteiger partial charge in [-0.2, -0.15) is 5.10 Å². The molecule has 2 aromatic rings. The van der Waals surface area contributed by atoms with Gasteiger partial charge in [0.1, 0.15) is 0 Å². The number of rotatable bonds is 1. The Morgan fingerprint density at radius 3 is 3.00 bits per heavy atom. The van der Waals surface area contributed by atoms with Crippen molar-refractivity contribution >= 4 is 11.2 Å². The van der Waals surface area contributed by atoms with Gasteiger partial charge in [-0.25, -0.2) is 9.50 Å². The van der Waals surface area contributed by atoms with Crippen LogP contribution in [0.4, 0.5) is 0 Å². The van der Waals surface area contributed by atoms with Crippen molar-refractivity contribution in [3.8, 4) is 0 Å². The minimum absolute atomic E-state index is 0.857. The molecule has 0 aromatic carbocycles. The maximum absolute atomic E-state index is 4.14. The van der Waals surface area contributed by atoms with Gasteiger partial charge in [-0.15, -0.1) is 0 Å². The van der Waals surface area contributed by atoms with Crippen LogP contribution in [-0.4, -0.2) is 14.6 Å². The molecule has 0 aliphatic carbocycles. The van der Waals surface area contributed by atoms with Gasteiger partial charge in [-0.3, -0.25) is 0 Å². The summed E-state index contributed by atoms with van der Waals surface area (Å²) in [7, 11) is 0. The van der Waals surface area contributed by atoms with Gasteiger partial charge in [0.15, 0.2) is 5.65 Å². The van der Waals surface area contributed by atoms with E-state index in [9.17, 15) is 0 Å². The van der Waals surface area contributed by atoms with Gasteiger partial charge in [0.2, 0.25) is 0 Å². The van der Waals surface area contributed by atoms with Gasteiger partial charge in [0.05, 0.1) is 11.9 Å². The molecule has 3 heteroatoms. The predicted octanol–water partition coefficient (Wildman–Crippen LogP) is 1.76. The summed E-state index contributed by atoms with van der Waals surface area (Å²) >= 11 is 0. The van der Waals surface area contributed by atoms with Gasteiger partial charge in [0, 0.05) is 12.3 Å². The molecular formula is C9H9N3. The highest BCUT2D eigenvalue weighted by Crippen LogP contribution is 2.10. The van der Waals surface area contributed by atoms with Crippen LogP contribution in [-0.2, 0) is 0 Å². The summed E-state index contributed by atoms with van der Waals surface area (Å²) in [6.45, 7) is 5.82. The molecule has 0 radical (unpaired) electrons. The summed E-state index contributed by atoms with van der Waals surface area (Å²) < 4.78 is 1.78. The topological polar surface area (TPSA) is 30.2 Å². The zero-order chi connectivity index (χ0) is 8.55. The maximum Gasteiger partial charge on any atom is 0.155 e. The number of hydrogen-bond donors (Lipinski definition) is 0. The lowest BCUT2D eigenvalue weighted by molar-refractivity contribution is 0.920. The fourth-order valence-corrected chi connectivity index (χ4v) is 1.16. The SMILES string of the molecule is C=C(C)c1ccnc2ccnn12. The van der Waals surface area contributed by atoms with Crippen LogP contribution in [0.1, 0.15) is 12.6 Å². The molecule has 0 atom stereocenters. The summed E-state index contributed by atoms with van der Waals surface area (Å²) in [6, 6.07) is 3.77. The predicted molar refractivity (Wildman–Crippen MR) is 47.7 cm³/mol. The van der Waals surface area contributed by atoms with Crippen molar-refractivity contribution < 1.29 is 0 Å². The Morgan fingerprint density at radius 1 is 1.42 bits per heavy atom. The van der Waals surface area contributed by atoms with Crippen molar-refractivity contribution in [3.63, 3.8) is 0 Å². The molecule has 2 rings (SSSR count). The van der Waals surface area contributed by atoms with Gasteiger partial charge in [0.25, 0.3) is 0 Å². The second kappa shape index (κ2) is 2.44. The van der Waals surface area contributed by atoms with Crippen molar-refractivity contribution in [2.24, 2.45) is 0 Å². The molecule has 2 heterocycles. The van der Waals surface area contributed by atoms with Crippen molar-refractivity contribution in [1.82, 2.24) is 14.6 Å². The summed E-state index contributed by atoms with van der Waals surface area (Å²) in [5, 5.41) is 4.13. The summed E-state index contributed by atoms with van der Waals surface area (Å²) in [6.07, 6.45) is 3.50. The van der Waals surface area contributed by atoms with Crippen LogP contribution in [0.15, 0.2) is 31.1 Å². The summed E-state index contributed by atoms with van der Waals surface area (Å²) in [5.74, 6) is 0. The average molecular weight is 159 g/mol. The fraction of sp³-hybridized carbons (Fsp3) is 0.111. The first kappa shape index (κ1) is 7.03. The van der Waals surface area contributed by atoms with Gasteiger partial charge < -0.3 is 0 Å². The normalized spacial score (nSPS) is 10.4. The molecule has 0 fully saturated rings. The smallest absolute Gasteiger partial charge is 0.155 e. The fourth-order valence-electron chi connectivity index (χ4n) is 1.16. The zero-order valence-corrected chi connectivity index (χ0v) is 6.86. The molecule has 0 unspecified atom stereocenters. The summed E-state index contributed by atoms with van der Waals surface area (Å²) in [5.41, 5.74) is 2.85. The highest BCUT2D eigenvalue weighted by molar-refractivity contribution is 5.60. The van der Waals surface area contributed by atoms with Crippen LogP contribution in [0.2, 0.25) is 0 Å². The lowest BCUT2D eigenvalue weighted by Crippen LogP contribution is -1.96. The third-order valence-electron chi connectivity index (χ3n) is 1.73. The molecule has 60 valence electrons. The third-order valence-corrected chi connectivity index (χ3v) is 1.73. The molecule has 0 saturated carbocycles. The van der Waals surface area contributed by atoms with E-state index in [1.165, 1.54) is 0 Å². The first-order valence-electron chi connectivity index (χ1n) is 3.73. The lowest BCUT2D eigenvalue weighted by Gasteiger charge is -2.01. The quantitative estimate of drug-likeness (QED) is 0.634. The summed E-state index contributed by atoms with van der Waals surface area (Å²) in [4.78, 5) is 4.14. The van der Waals surface area contributed by atoms with Gasteiger partial charge in [-0.05, 0) is 18.6 Å². The molecule has 0 N–H and O–H groups in total. The maximum atomic E-state index is 4.14. The first-order chi connectivity index (χ1) is 5.79. The highest BCUT2D eigenvalue weighted by atomic mass is 15.2. The van der Waals surface area contributed by atoms with Crippen LogP contribution >= 0.6 is 0 Å². The van der Waals surface area contributed by atoms with E-state index in [1.807, 2.05) is 19.1 Å². The van der Waals surface area contributed by atoms with Crippen molar-refractivity contribution in [2.45, 2.75) is 6.92 Å². The van der Waals surface area contributed by atoms with Crippen LogP contribution in [0.5, 0.6) is 0 Å². The molecule has 3 nitrogen and oxygen atoms in total. The van der Waals surface area contributed by atoms with Crippen molar-refractivity contribution in [1.29, 1.82) is 0 Å². The average Bonchev–Trinajstić information content (AvgIpc) is 2.49. The number of nitrogens with zero attached hydrogens (tertiary/aromatic N) is 3. The Labute approximate surface area is 70.4 Å². The number of hydrogen-bond acceptors (Lipinski definition) is 2. The van der Waals surface area contributed by atoms with Crippen LogP contribution < -0.4 is 0 Å². The third kappa shape index (κ3) is 0.906. The van der Waals surface area contributed by atoms with Gasteiger partial charge in [-0.1, -0.05) is 6.58 Å². The largest absolute Gasteiger partial charge is 0.237 e. The van der Waals surface area contributed by atoms with E-state index in [2.05, 4.69) is 16.7 Å². The zero-order valence-electron chi connectivity index (χ0n) is 6.86. The highest BCUT2D eigenvalue weighted by Gasteiger charge is 2.00. The van der Waals surface area contributed by atoms with Crippen LogP contribution in [0, 0.1) is 0 Å². The number of allylic oxidation sites excluding steroid dienone is 1. The van der Waals surface area contributed by atoms with E-state index in [0.717, 1.165) is 16.9 Å². The van der Waals surface area contributed by atoms with Crippen molar-refractivity contribution in [3.05, 3.63) is 36.8 Å². The first-order valence-corrected chi connectivity index (χ1v) is 3.73. The van der Waals surface area contributed by atoms with Crippen molar-refractivity contribution in [2.75, 3.05) is 0 Å². The van der Waals surface area contributed by atoms with E-state index in [1.54, 1.807) is 16.9 Å². The van der Waals surface area contributed by atoms with E-state index in [4.69, 9.17) is 0 Å². The second-order valence-electron chi connectivity index (χ2n) is 2.71. The van der Waals surface area contributed by atoms with E-state index in [-0.39, 0.29) is 0 Å². The molecule has 12 heavy (non-hydrogen) atoms. The minimum Gasteiger partial charge on any atom is -0.237 e. The van der Waals surface area contributed by atoms with E-state index >= 15 is 0 Å². The molecule has 0 amide bonds. The Kier molecular flexibility index (Phi) is 1.43. The Bertz CT molecular complexity index is 428. The molecule has 0 aliphatic rings. The molecule has 2 aromatic heterocycles. The monoisotopic (exact) mass is 159 g/mol. The van der Waals surface area contributed by atoms with E-state index < -0.39 is 0 Å². The molecule has 0 aliphatic heterocycles. The molecule has 0 saturated heterocycles. The Hall–Kier alpha value is -1.64. The Morgan fingerprint density at radius 2 is 2.25 bits per heavy atom. The lowest BCUT2D eigenvalue weighted by atomic mass is 10.2. The van der Waals surface area contributed by atoms with Crippen LogP contribution in [0.3, 0.4) is 0 Å². The molecule has 0 spiro atoms. The standard InChI is InChI=1S/C9H9N3/c1-7(2)8-3-5-10-9-4-6-11-12(8)9/h3-6H,1H2,2H3.